The monoisotopic (exact) mass is 684 g/mol. The van der Waals surface area contributed by atoms with Crippen molar-refractivity contribution in [1.29, 1.82) is 0 Å². The third kappa shape index (κ3) is 22.0. The van der Waals surface area contributed by atoms with Crippen LogP contribution >= 0.6 is 0 Å². The summed E-state index contributed by atoms with van der Waals surface area (Å²) in [5.41, 5.74) is 0. The van der Waals surface area contributed by atoms with E-state index < -0.39 is 49.4 Å². The maximum absolute atomic E-state index is 12.6. The van der Waals surface area contributed by atoms with E-state index in [2.05, 4.69) is 38.2 Å². The van der Waals surface area contributed by atoms with Crippen molar-refractivity contribution in [3.63, 3.8) is 0 Å². The minimum absolute atomic E-state index is 0.219. The standard InChI is InChI=1S/C38H68O10/c1-3-5-7-9-11-12-13-14-15-16-17-18-19-20-21-23-25-27-34(41)47-31(29-45-33(40)26-24-22-10-8-6-4-2)30-46-38-37(44)36(43)35(42)32(28-39)48-38/h11-12,14-15,31-32,35-39,42-44H,3-10,13,16-30H2,1-2H3/b12-11-,15-14-. The second kappa shape index (κ2) is 30.0. The Kier molecular flexibility index (Phi) is 27.7. The Balaban J connectivity index is 2.35. The predicted octanol–water partition coefficient (Wildman–Crippen LogP) is 6.60. The minimum Gasteiger partial charge on any atom is -0.462 e. The van der Waals surface area contributed by atoms with Crippen LogP contribution in [0.1, 0.15) is 149 Å². The molecule has 1 aliphatic rings. The highest BCUT2D eigenvalue weighted by Crippen LogP contribution is 2.22. The van der Waals surface area contributed by atoms with Crippen LogP contribution in [0.2, 0.25) is 0 Å². The number of aliphatic hydroxyl groups is 4. The Morgan fingerprint density at radius 1 is 0.646 bits per heavy atom. The van der Waals surface area contributed by atoms with Crippen LogP contribution < -0.4 is 0 Å². The van der Waals surface area contributed by atoms with Crippen LogP contribution in [0.3, 0.4) is 0 Å². The van der Waals surface area contributed by atoms with E-state index in [4.69, 9.17) is 18.9 Å². The van der Waals surface area contributed by atoms with Crippen molar-refractivity contribution < 1.29 is 49.0 Å². The van der Waals surface area contributed by atoms with E-state index in [9.17, 15) is 30.0 Å². The van der Waals surface area contributed by atoms with Gasteiger partial charge in [0.1, 0.15) is 31.0 Å². The second-order valence-corrected chi connectivity index (χ2v) is 13.0. The Morgan fingerprint density at radius 2 is 1.17 bits per heavy atom. The first kappa shape index (κ1) is 44.2. The molecule has 0 aliphatic carbocycles. The van der Waals surface area contributed by atoms with Gasteiger partial charge in [-0.05, 0) is 44.9 Å². The van der Waals surface area contributed by atoms with E-state index in [0.29, 0.717) is 6.42 Å². The number of carbonyl (C=O) groups excluding carboxylic acids is 2. The summed E-state index contributed by atoms with van der Waals surface area (Å²) in [4.78, 5) is 25.0. The molecule has 1 fully saturated rings. The first-order chi connectivity index (χ1) is 23.3. The molecule has 280 valence electrons. The van der Waals surface area contributed by atoms with Crippen LogP contribution in [0.5, 0.6) is 0 Å². The molecule has 0 radical (unpaired) electrons. The first-order valence-corrected chi connectivity index (χ1v) is 18.9. The van der Waals surface area contributed by atoms with Crippen LogP contribution in [0.15, 0.2) is 24.3 Å². The Morgan fingerprint density at radius 3 is 1.77 bits per heavy atom. The lowest BCUT2D eigenvalue weighted by Gasteiger charge is -2.39. The molecule has 4 N–H and O–H groups in total. The van der Waals surface area contributed by atoms with Gasteiger partial charge in [-0.15, -0.1) is 0 Å². The van der Waals surface area contributed by atoms with Gasteiger partial charge in [0.25, 0.3) is 0 Å². The molecular formula is C38H68O10. The van der Waals surface area contributed by atoms with Gasteiger partial charge in [-0.2, -0.15) is 0 Å². The maximum Gasteiger partial charge on any atom is 0.306 e. The topological polar surface area (TPSA) is 152 Å². The Hall–Kier alpha value is -1.82. The molecule has 10 nitrogen and oxygen atoms in total. The van der Waals surface area contributed by atoms with Crippen molar-refractivity contribution in [3.05, 3.63) is 24.3 Å². The maximum atomic E-state index is 12.6. The molecule has 0 aromatic heterocycles. The molecule has 0 aromatic carbocycles. The van der Waals surface area contributed by atoms with Crippen LogP contribution in [0, 0.1) is 0 Å². The lowest BCUT2D eigenvalue weighted by Crippen LogP contribution is -2.59. The van der Waals surface area contributed by atoms with E-state index in [0.717, 1.165) is 64.2 Å². The van der Waals surface area contributed by atoms with Crippen molar-refractivity contribution in [1.82, 2.24) is 0 Å². The van der Waals surface area contributed by atoms with Gasteiger partial charge >= 0.3 is 11.9 Å². The highest BCUT2D eigenvalue weighted by molar-refractivity contribution is 5.70. The van der Waals surface area contributed by atoms with E-state index in [1.807, 2.05) is 0 Å². The van der Waals surface area contributed by atoms with Crippen LogP contribution in [0.25, 0.3) is 0 Å². The molecule has 10 heteroatoms. The molecule has 0 bridgehead atoms. The number of aliphatic hydroxyl groups excluding tert-OH is 4. The van der Waals surface area contributed by atoms with Crippen molar-refractivity contribution in [2.45, 2.75) is 185 Å². The summed E-state index contributed by atoms with van der Waals surface area (Å²) < 4.78 is 21.9. The van der Waals surface area contributed by atoms with E-state index in [1.165, 1.54) is 51.4 Å². The van der Waals surface area contributed by atoms with Gasteiger partial charge in [0.05, 0.1) is 13.2 Å². The number of unbranched alkanes of at least 4 members (excludes halogenated alkanes) is 15. The van der Waals surface area contributed by atoms with Gasteiger partial charge in [0, 0.05) is 12.8 Å². The molecule has 0 aromatic rings. The van der Waals surface area contributed by atoms with Crippen molar-refractivity contribution >= 4 is 11.9 Å². The molecule has 1 heterocycles. The molecule has 0 saturated carbocycles. The second-order valence-electron chi connectivity index (χ2n) is 13.0. The van der Waals surface area contributed by atoms with Crippen molar-refractivity contribution in [2.75, 3.05) is 19.8 Å². The molecule has 6 unspecified atom stereocenters. The number of ether oxygens (including phenoxy) is 4. The van der Waals surface area contributed by atoms with Gasteiger partial charge < -0.3 is 39.4 Å². The zero-order valence-corrected chi connectivity index (χ0v) is 30.0. The quantitative estimate of drug-likeness (QED) is 0.0370. The Bertz CT molecular complexity index is 845. The van der Waals surface area contributed by atoms with E-state index in [-0.39, 0.29) is 32.0 Å². The SMILES string of the molecule is CCCCC/C=C\C/C=C\CCCCCCCCCC(=O)OC(COC(=O)CCCCCCCC)COC1OC(CO)C(O)C(O)C1O. The molecule has 0 amide bonds. The summed E-state index contributed by atoms with van der Waals surface area (Å²) in [6, 6.07) is 0. The van der Waals surface area contributed by atoms with Crippen LogP contribution in [-0.2, 0) is 28.5 Å². The highest BCUT2D eigenvalue weighted by Gasteiger charge is 2.44. The highest BCUT2D eigenvalue weighted by atomic mass is 16.7. The molecule has 48 heavy (non-hydrogen) atoms. The third-order valence-electron chi connectivity index (χ3n) is 8.59. The number of rotatable bonds is 30. The fraction of sp³-hybridized carbons (Fsp3) is 0.842. The molecule has 1 aliphatic heterocycles. The van der Waals surface area contributed by atoms with Crippen molar-refractivity contribution in [3.8, 4) is 0 Å². The molecule has 1 rings (SSSR count). The van der Waals surface area contributed by atoms with Crippen LogP contribution in [-0.4, -0.2) is 89.0 Å². The lowest BCUT2D eigenvalue weighted by atomic mass is 9.99. The predicted molar refractivity (Wildman–Crippen MR) is 187 cm³/mol. The number of allylic oxidation sites excluding steroid dienone is 4. The summed E-state index contributed by atoms with van der Waals surface area (Å²) in [6.45, 7) is 3.30. The fourth-order valence-electron chi connectivity index (χ4n) is 5.51. The average molecular weight is 685 g/mol. The summed E-state index contributed by atoms with van der Waals surface area (Å²) in [6.07, 6.45) is 22.2. The van der Waals surface area contributed by atoms with Gasteiger partial charge in [-0.1, -0.05) is 115 Å². The fourth-order valence-corrected chi connectivity index (χ4v) is 5.51. The Labute approximate surface area is 290 Å². The summed E-state index contributed by atoms with van der Waals surface area (Å²) in [7, 11) is 0. The molecule has 1 saturated heterocycles. The van der Waals surface area contributed by atoms with Gasteiger partial charge in [0.2, 0.25) is 0 Å². The largest absolute Gasteiger partial charge is 0.462 e. The van der Waals surface area contributed by atoms with Gasteiger partial charge in [-0.3, -0.25) is 9.59 Å². The minimum atomic E-state index is -1.59. The molecule has 0 spiro atoms. The van der Waals surface area contributed by atoms with Gasteiger partial charge in [-0.25, -0.2) is 0 Å². The average Bonchev–Trinajstić information content (AvgIpc) is 3.08. The number of esters is 2. The van der Waals surface area contributed by atoms with Gasteiger partial charge in [0.15, 0.2) is 12.4 Å². The lowest BCUT2D eigenvalue weighted by molar-refractivity contribution is -0.305. The number of carbonyl (C=O) groups is 2. The summed E-state index contributed by atoms with van der Waals surface area (Å²) in [5.74, 6) is -0.826. The number of hydrogen-bond acceptors (Lipinski definition) is 10. The molecule has 6 atom stereocenters. The first-order valence-electron chi connectivity index (χ1n) is 18.9. The zero-order valence-electron chi connectivity index (χ0n) is 30.0. The van der Waals surface area contributed by atoms with Crippen LogP contribution in [0.4, 0.5) is 0 Å². The zero-order chi connectivity index (χ0) is 35.2. The normalized spacial score (nSPS) is 22.0. The molecular weight excluding hydrogens is 616 g/mol. The van der Waals surface area contributed by atoms with E-state index >= 15 is 0 Å². The summed E-state index contributed by atoms with van der Waals surface area (Å²) >= 11 is 0. The smallest absolute Gasteiger partial charge is 0.306 e. The summed E-state index contributed by atoms with van der Waals surface area (Å²) in [5, 5.41) is 39.8. The number of hydrogen-bond donors (Lipinski definition) is 4. The van der Waals surface area contributed by atoms with Crippen molar-refractivity contribution in [2.24, 2.45) is 0 Å². The van der Waals surface area contributed by atoms with E-state index in [1.54, 1.807) is 0 Å². The third-order valence-corrected chi connectivity index (χ3v) is 8.59.